The summed E-state index contributed by atoms with van der Waals surface area (Å²) in [6.45, 7) is 1.52. The van der Waals surface area contributed by atoms with Crippen molar-refractivity contribution in [2.75, 3.05) is 5.75 Å². The molecule has 84 valence electrons. The number of hydrogen-bond acceptors (Lipinski definition) is 3. The van der Waals surface area contributed by atoms with E-state index < -0.39 is 5.97 Å². The smallest absolute Gasteiger partial charge is 0.352 e. The largest absolute Gasteiger partial charge is 0.477 e. The fourth-order valence-corrected chi connectivity index (χ4v) is 1.49. The monoisotopic (exact) mass is 237 g/mol. The van der Waals surface area contributed by atoms with Crippen molar-refractivity contribution in [3.05, 3.63) is 23.5 Å². The summed E-state index contributed by atoms with van der Waals surface area (Å²) >= 11 is 1.23. The van der Waals surface area contributed by atoms with Crippen LogP contribution in [0.5, 0.6) is 0 Å². The summed E-state index contributed by atoms with van der Waals surface area (Å²) in [4.78, 5) is 23.7. The van der Waals surface area contributed by atoms with E-state index in [0.717, 1.165) is 0 Å². The highest BCUT2D eigenvalue weighted by Gasteiger charge is 2.03. The van der Waals surface area contributed by atoms with Crippen molar-refractivity contribution in [1.29, 1.82) is 0 Å². The molecular weight excluding hydrogens is 226 g/mol. The highest BCUT2D eigenvalue weighted by molar-refractivity contribution is 8.13. The van der Waals surface area contributed by atoms with Gasteiger partial charge in [0.15, 0.2) is 5.12 Å². The van der Waals surface area contributed by atoms with Gasteiger partial charge < -0.3 is 10.1 Å². The lowest BCUT2D eigenvalue weighted by atomic mass is 10.3. The fraction of sp³-hybridized carbons (Fsp3) is 0.273. The van der Waals surface area contributed by atoms with Gasteiger partial charge in [0.1, 0.15) is 5.69 Å². The molecule has 0 radical (unpaired) electrons. The van der Waals surface area contributed by atoms with Gasteiger partial charge in [-0.15, -0.1) is 0 Å². The Labute approximate surface area is 97.4 Å². The molecule has 0 aliphatic heterocycles. The quantitative estimate of drug-likeness (QED) is 0.620. The molecular formula is C11H11NO3S. The minimum atomic E-state index is -1.000. The summed E-state index contributed by atoms with van der Waals surface area (Å²) in [5.41, 5.74) is 0.771. The molecule has 0 atom stereocenters. The van der Waals surface area contributed by atoms with E-state index in [0.29, 0.717) is 17.7 Å². The van der Waals surface area contributed by atoms with E-state index in [1.807, 2.05) is 0 Å². The lowest BCUT2D eigenvalue weighted by Crippen LogP contribution is -1.94. The van der Waals surface area contributed by atoms with Crippen LogP contribution in [0.4, 0.5) is 0 Å². The Morgan fingerprint density at radius 3 is 2.88 bits per heavy atom. The van der Waals surface area contributed by atoms with Gasteiger partial charge in [-0.3, -0.25) is 4.79 Å². The molecule has 0 spiro atoms. The van der Waals surface area contributed by atoms with Crippen LogP contribution in [0.3, 0.4) is 0 Å². The maximum Gasteiger partial charge on any atom is 0.352 e. The third kappa shape index (κ3) is 4.24. The molecule has 4 nitrogen and oxygen atoms in total. The van der Waals surface area contributed by atoms with Crippen molar-refractivity contribution >= 4 is 22.8 Å². The van der Waals surface area contributed by atoms with E-state index in [9.17, 15) is 9.59 Å². The molecule has 0 unspecified atom stereocenters. The van der Waals surface area contributed by atoms with Gasteiger partial charge in [-0.25, -0.2) is 4.79 Å². The molecule has 1 rings (SSSR count). The Morgan fingerprint density at radius 2 is 2.31 bits per heavy atom. The molecule has 1 heterocycles. The molecule has 0 aliphatic rings. The number of nitrogens with one attached hydrogen (secondary N) is 1. The highest BCUT2D eigenvalue weighted by Crippen LogP contribution is 2.04. The molecule has 1 aromatic heterocycles. The lowest BCUT2D eigenvalue weighted by Gasteiger charge is -1.87. The first-order valence-corrected chi connectivity index (χ1v) is 5.62. The van der Waals surface area contributed by atoms with Gasteiger partial charge in [0.25, 0.3) is 0 Å². The summed E-state index contributed by atoms with van der Waals surface area (Å²) in [5, 5.41) is 8.73. The standard InChI is InChI=1S/C11H11NO3S/c1-8(13)16-5-3-2-4-9-6-10(11(14)15)12-7-9/h6-7,12H,3,5H2,1H3,(H,14,15). The van der Waals surface area contributed by atoms with Crippen molar-refractivity contribution in [2.45, 2.75) is 13.3 Å². The normalized spacial score (nSPS) is 9.31. The third-order valence-corrected chi connectivity index (χ3v) is 2.49. The number of thioether (sulfide) groups is 1. The predicted octanol–water partition coefficient (Wildman–Crippen LogP) is 1.73. The maximum atomic E-state index is 10.6. The van der Waals surface area contributed by atoms with Crippen LogP contribution in [0.2, 0.25) is 0 Å². The average molecular weight is 237 g/mol. The second-order valence-electron chi connectivity index (χ2n) is 3.00. The van der Waals surface area contributed by atoms with Gasteiger partial charge in [-0.05, 0) is 6.07 Å². The number of rotatable bonds is 3. The number of carbonyl (C=O) groups excluding carboxylic acids is 1. The molecule has 0 saturated heterocycles. The molecule has 0 saturated carbocycles. The number of H-pyrrole nitrogens is 1. The molecule has 1 aromatic rings. The van der Waals surface area contributed by atoms with Crippen LogP contribution in [0.25, 0.3) is 0 Å². The molecule has 0 bridgehead atoms. The molecule has 0 aliphatic carbocycles. The maximum absolute atomic E-state index is 10.6. The van der Waals surface area contributed by atoms with Crippen molar-refractivity contribution in [3.63, 3.8) is 0 Å². The van der Waals surface area contributed by atoms with Gasteiger partial charge in [0, 0.05) is 30.9 Å². The second kappa shape index (κ2) is 6.03. The van der Waals surface area contributed by atoms with E-state index in [2.05, 4.69) is 16.8 Å². The minimum Gasteiger partial charge on any atom is -0.477 e. The summed E-state index contributed by atoms with van der Waals surface area (Å²) in [6.07, 6.45) is 2.16. The van der Waals surface area contributed by atoms with E-state index >= 15 is 0 Å². The molecule has 0 fully saturated rings. The van der Waals surface area contributed by atoms with Crippen LogP contribution in [-0.4, -0.2) is 26.9 Å². The number of carbonyl (C=O) groups is 2. The van der Waals surface area contributed by atoms with Crippen LogP contribution < -0.4 is 0 Å². The molecule has 5 heteroatoms. The number of hydrogen-bond donors (Lipinski definition) is 2. The zero-order valence-electron chi connectivity index (χ0n) is 8.74. The summed E-state index contributed by atoms with van der Waals surface area (Å²) in [5.74, 6) is 5.36. The number of carboxylic acids is 1. The summed E-state index contributed by atoms with van der Waals surface area (Å²) < 4.78 is 0. The predicted molar refractivity (Wildman–Crippen MR) is 62.4 cm³/mol. The SMILES string of the molecule is CC(=O)SCCC#Cc1c[nH]c(C(=O)O)c1. The lowest BCUT2D eigenvalue weighted by molar-refractivity contribution is -0.109. The Bertz CT molecular complexity index is 453. The van der Waals surface area contributed by atoms with Crippen molar-refractivity contribution < 1.29 is 14.7 Å². The number of aromatic amines is 1. The zero-order valence-corrected chi connectivity index (χ0v) is 9.56. The molecule has 0 amide bonds. The van der Waals surface area contributed by atoms with Gasteiger partial charge >= 0.3 is 5.97 Å². The van der Waals surface area contributed by atoms with Crippen LogP contribution in [0.15, 0.2) is 12.3 Å². The summed E-state index contributed by atoms with van der Waals surface area (Å²) in [7, 11) is 0. The van der Waals surface area contributed by atoms with Crippen molar-refractivity contribution in [2.24, 2.45) is 0 Å². The van der Waals surface area contributed by atoms with E-state index in [-0.39, 0.29) is 10.8 Å². The van der Waals surface area contributed by atoms with Crippen LogP contribution in [0, 0.1) is 11.8 Å². The molecule has 0 aromatic carbocycles. The highest BCUT2D eigenvalue weighted by atomic mass is 32.2. The minimum absolute atomic E-state index is 0.0802. The van der Waals surface area contributed by atoms with Crippen molar-refractivity contribution in [3.8, 4) is 11.8 Å². The number of carboxylic acid groups (broad SMARTS) is 1. The Balaban J connectivity index is 2.44. The first-order valence-electron chi connectivity index (χ1n) is 4.63. The first kappa shape index (κ1) is 12.4. The zero-order chi connectivity index (χ0) is 12.0. The van der Waals surface area contributed by atoms with Crippen LogP contribution in [0.1, 0.15) is 29.4 Å². The van der Waals surface area contributed by atoms with E-state index in [1.54, 1.807) is 6.20 Å². The van der Waals surface area contributed by atoms with Crippen LogP contribution in [-0.2, 0) is 4.79 Å². The van der Waals surface area contributed by atoms with E-state index in [4.69, 9.17) is 5.11 Å². The van der Waals surface area contributed by atoms with Crippen LogP contribution >= 0.6 is 11.8 Å². The van der Waals surface area contributed by atoms with Gasteiger partial charge in [-0.2, -0.15) is 0 Å². The number of aromatic nitrogens is 1. The van der Waals surface area contributed by atoms with E-state index in [1.165, 1.54) is 24.8 Å². The number of aromatic carboxylic acids is 1. The van der Waals surface area contributed by atoms with Crippen molar-refractivity contribution in [1.82, 2.24) is 4.98 Å². The Morgan fingerprint density at radius 1 is 1.56 bits per heavy atom. The van der Waals surface area contributed by atoms with Gasteiger partial charge in [-0.1, -0.05) is 23.6 Å². The fourth-order valence-electron chi connectivity index (χ4n) is 1.00. The molecule has 16 heavy (non-hydrogen) atoms. The second-order valence-corrected chi connectivity index (χ2v) is 4.27. The molecule has 2 N–H and O–H groups in total. The van der Waals surface area contributed by atoms with Gasteiger partial charge in [0.2, 0.25) is 0 Å². The van der Waals surface area contributed by atoms with Gasteiger partial charge in [0.05, 0.1) is 0 Å². The first-order chi connectivity index (χ1) is 7.59. The third-order valence-electron chi connectivity index (χ3n) is 1.68. The average Bonchev–Trinajstić information content (AvgIpc) is 2.65. The Hall–Kier alpha value is -1.67. The topological polar surface area (TPSA) is 70.2 Å². The Kier molecular flexibility index (Phi) is 4.67. The summed E-state index contributed by atoms with van der Waals surface area (Å²) in [6, 6.07) is 1.48.